The lowest BCUT2D eigenvalue weighted by Gasteiger charge is -2.37. The first-order chi connectivity index (χ1) is 12.3. The molecular weight excluding hydrogens is 315 g/mol. The van der Waals surface area contributed by atoms with Crippen LogP contribution in [0.25, 0.3) is 0 Å². The molecule has 2 aromatic carbocycles. The van der Waals surface area contributed by atoms with E-state index in [1.54, 1.807) is 0 Å². The van der Waals surface area contributed by atoms with Gasteiger partial charge in [0.2, 0.25) is 0 Å². The number of hydrogen-bond donors (Lipinski definition) is 1. The maximum atomic E-state index is 12.9. The predicted octanol–water partition coefficient (Wildman–Crippen LogP) is 2.77. The monoisotopic (exact) mass is 340 g/mol. The first-order valence-corrected chi connectivity index (χ1v) is 8.76. The summed E-state index contributed by atoms with van der Waals surface area (Å²) >= 11 is 0. The smallest absolute Gasteiger partial charge is 0.193 e. The molecule has 1 N–H and O–H groups in total. The number of nitrogens with one attached hydrogen (secondary N) is 1. The van der Waals surface area contributed by atoms with Crippen LogP contribution in [0.15, 0.2) is 59.6 Å². The Labute approximate surface area is 149 Å². The summed E-state index contributed by atoms with van der Waals surface area (Å²) in [7, 11) is 1.82. The van der Waals surface area contributed by atoms with E-state index in [1.165, 1.54) is 17.8 Å². The molecule has 0 bridgehead atoms. The third-order valence-electron chi connectivity index (χ3n) is 4.52. The van der Waals surface area contributed by atoms with Crippen molar-refractivity contribution in [2.75, 3.05) is 44.7 Å². The molecule has 0 saturated carbocycles. The van der Waals surface area contributed by atoms with Crippen LogP contribution < -0.4 is 10.2 Å². The van der Waals surface area contributed by atoms with Gasteiger partial charge in [-0.2, -0.15) is 0 Å². The van der Waals surface area contributed by atoms with Gasteiger partial charge in [0, 0.05) is 45.5 Å². The molecule has 0 aromatic heterocycles. The van der Waals surface area contributed by atoms with E-state index in [0.29, 0.717) is 0 Å². The quantitative estimate of drug-likeness (QED) is 0.686. The van der Waals surface area contributed by atoms with E-state index < -0.39 is 0 Å². The SMILES string of the molecule is CN=C(NCCc1ccc(F)cc1)N1CCN(c2ccccc2)CC1. The van der Waals surface area contributed by atoms with Gasteiger partial charge in [-0.15, -0.1) is 0 Å². The van der Waals surface area contributed by atoms with Gasteiger partial charge in [-0.3, -0.25) is 4.99 Å². The molecule has 3 rings (SSSR count). The fourth-order valence-corrected chi connectivity index (χ4v) is 3.12. The molecular formula is C20H25FN4. The molecule has 0 unspecified atom stereocenters. The average molecular weight is 340 g/mol. The van der Waals surface area contributed by atoms with Crippen molar-refractivity contribution in [3.05, 3.63) is 66.0 Å². The number of halogens is 1. The Hall–Kier alpha value is -2.56. The summed E-state index contributed by atoms with van der Waals surface area (Å²) in [6.07, 6.45) is 0.850. The molecule has 2 aromatic rings. The van der Waals surface area contributed by atoms with Gasteiger partial charge in [-0.25, -0.2) is 4.39 Å². The lowest BCUT2D eigenvalue weighted by molar-refractivity contribution is 0.373. The Morgan fingerprint density at radius 3 is 2.32 bits per heavy atom. The van der Waals surface area contributed by atoms with Crippen LogP contribution in [0.2, 0.25) is 0 Å². The lowest BCUT2D eigenvalue weighted by atomic mass is 10.1. The third-order valence-corrected chi connectivity index (χ3v) is 4.52. The van der Waals surface area contributed by atoms with Gasteiger partial charge in [0.05, 0.1) is 0 Å². The minimum atomic E-state index is -0.191. The van der Waals surface area contributed by atoms with Crippen LogP contribution in [-0.2, 0) is 6.42 Å². The van der Waals surface area contributed by atoms with E-state index in [0.717, 1.165) is 50.7 Å². The third kappa shape index (κ3) is 4.72. The summed E-state index contributed by atoms with van der Waals surface area (Å²) in [6.45, 7) is 4.67. The second-order valence-corrected chi connectivity index (χ2v) is 6.16. The number of hydrogen-bond acceptors (Lipinski definition) is 2. The molecule has 1 aliphatic rings. The van der Waals surface area contributed by atoms with Gasteiger partial charge in [-0.1, -0.05) is 30.3 Å². The van der Waals surface area contributed by atoms with Crippen LogP contribution in [0.1, 0.15) is 5.56 Å². The second kappa shape index (κ2) is 8.51. The van der Waals surface area contributed by atoms with Crippen molar-refractivity contribution in [1.82, 2.24) is 10.2 Å². The Morgan fingerprint density at radius 2 is 1.68 bits per heavy atom. The summed E-state index contributed by atoms with van der Waals surface area (Å²) in [5.74, 6) is 0.749. The van der Waals surface area contributed by atoms with E-state index in [9.17, 15) is 4.39 Å². The summed E-state index contributed by atoms with van der Waals surface area (Å²) in [4.78, 5) is 9.11. The molecule has 1 saturated heterocycles. The number of benzene rings is 2. The number of aliphatic imine (C=N–C) groups is 1. The molecule has 0 atom stereocenters. The first-order valence-electron chi connectivity index (χ1n) is 8.76. The maximum absolute atomic E-state index is 12.9. The normalized spacial score (nSPS) is 15.4. The van der Waals surface area contributed by atoms with E-state index in [2.05, 4.69) is 44.4 Å². The minimum Gasteiger partial charge on any atom is -0.368 e. The van der Waals surface area contributed by atoms with Crippen LogP contribution in [0.4, 0.5) is 10.1 Å². The van der Waals surface area contributed by atoms with Gasteiger partial charge in [0.15, 0.2) is 5.96 Å². The molecule has 132 valence electrons. The number of anilines is 1. The second-order valence-electron chi connectivity index (χ2n) is 6.16. The van der Waals surface area contributed by atoms with E-state index in [4.69, 9.17) is 0 Å². The Kier molecular flexibility index (Phi) is 5.88. The highest BCUT2D eigenvalue weighted by molar-refractivity contribution is 5.80. The summed E-state index contributed by atoms with van der Waals surface area (Å²) < 4.78 is 12.9. The van der Waals surface area contributed by atoms with Crippen LogP contribution in [0, 0.1) is 5.82 Å². The molecule has 1 heterocycles. The van der Waals surface area contributed by atoms with Crippen molar-refractivity contribution < 1.29 is 4.39 Å². The van der Waals surface area contributed by atoms with Crippen LogP contribution >= 0.6 is 0 Å². The maximum Gasteiger partial charge on any atom is 0.193 e. The zero-order valence-corrected chi connectivity index (χ0v) is 14.7. The summed E-state index contributed by atoms with van der Waals surface area (Å²) in [6, 6.07) is 17.2. The predicted molar refractivity (Wildman–Crippen MR) is 102 cm³/mol. The van der Waals surface area contributed by atoms with Crippen molar-refractivity contribution in [2.45, 2.75) is 6.42 Å². The number of piperazine rings is 1. The van der Waals surface area contributed by atoms with Gasteiger partial charge in [0.1, 0.15) is 5.82 Å². The highest BCUT2D eigenvalue weighted by atomic mass is 19.1. The van der Waals surface area contributed by atoms with Crippen LogP contribution in [0.5, 0.6) is 0 Å². The molecule has 0 spiro atoms. The Morgan fingerprint density at radius 1 is 1.00 bits per heavy atom. The summed E-state index contributed by atoms with van der Waals surface area (Å²) in [5.41, 5.74) is 2.40. The topological polar surface area (TPSA) is 30.9 Å². The van der Waals surface area contributed by atoms with Crippen molar-refractivity contribution in [3.63, 3.8) is 0 Å². The van der Waals surface area contributed by atoms with Crippen LogP contribution in [0.3, 0.4) is 0 Å². The Balaban J connectivity index is 1.47. The molecule has 1 aliphatic heterocycles. The van der Waals surface area contributed by atoms with Crippen molar-refractivity contribution in [2.24, 2.45) is 4.99 Å². The summed E-state index contributed by atoms with van der Waals surface area (Å²) in [5, 5.41) is 3.42. The van der Waals surface area contributed by atoms with Gasteiger partial charge in [0.25, 0.3) is 0 Å². The highest BCUT2D eigenvalue weighted by Gasteiger charge is 2.19. The number of para-hydroxylation sites is 1. The lowest BCUT2D eigenvalue weighted by Crippen LogP contribution is -2.52. The first kappa shape index (κ1) is 17.3. The number of nitrogens with zero attached hydrogens (tertiary/aromatic N) is 3. The van der Waals surface area contributed by atoms with E-state index >= 15 is 0 Å². The molecule has 0 amide bonds. The van der Waals surface area contributed by atoms with Gasteiger partial charge in [-0.05, 0) is 36.2 Å². The minimum absolute atomic E-state index is 0.191. The molecule has 25 heavy (non-hydrogen) atoms. The van der Waals surface area contributed by atoms with Crippen LogP contribution in [-0.4, -0.2) is 50.6 Å². The molecule has 0 radical (unpaired) electrons. The fraction of sp³-hybridized carbons (Fsp3) is 0.350. The highest BCUT2D eigenvalue weighted by Crippen LogP contribution is 2.15. The number of rotatable bonds is 4. The largest absolute Gasteiger partial charge is 0.368 e. The average Bonchev–Trinajstić information content (AvgIpc) is 2.68. The zero-order valence-electron chi connectivity index (χ0n) is 14.7. The molecule has 1 fully saturated rings. The van der Waals surface area contributed by atoms with Crippen molar-refractivity contribution in [1.29, 1.82) is 0 Å². The standard InChI is InChI=1S/C20H25FN4/c1-22-20(23-12-11-17-7-9-18(21)10-8-17)25-15-13-24(14-16-25)19-5-3-2-4-6-19/h2-10H,11-16H2,1H3,(H,22,23). The number of guanidine groups is 1. The Bertz CT molecular complexity index is 677. The van der Waals surface area contributed by atoms with Crippen molar-refractivity contribution in [3.8, 4) is 0 Å². The molecule has 5 heteroatoms. The fourth-order valence-electron chi connectivity index (χ4n) is 3.12. The van der Waals surface area contributed by atoms with E-state index in [-0.39, 0.29) is 5.82 Å². The van der Waals surface area contributed by atoms with Crippen molar-refractivity contribution >= 4 is 11.6 Å². The van der Waals surface area contributed by atoms with E-state index in [1.807, 2.05) is 25.2 Å². The zero-order chi connectivity index (χ0) is 17.5. The van der Waals surface area contributed by atoms with Gasteiger partial charge >= 0.3 is 0 Å². The van der Waals surface area contributed by atoms with Gasteiger partial charge < -0.3 is 15.1 Å². The molecule has 4 nitrogen and oxygen atoms in total. The molecule has 0 aliphatic carbocycles.